The van der Waals surface area contributed by atoms with Crippen LogP contribution in [-0.4, -0.2) is 48.6 Å². The predicted molar refractivity (Wildman–Crippen MR) is 82.4 cm³/mol. The molecule has 1 atom stereocenters. The summed E-state index contributed by atoms with van der Waals surface area (Å²) in [4.78, 5) is 2.70. The molecule has 3 heteroatoms. The molecule has 0 radical (unpaired) electrons. The fourth-order valence-corrected chi connectivity index (χ4v) is 3.71. The van der Waals surface area contributed by atoms with E-state index in [1.807, 2.05) is 11.8 Å². The molecule has 106 valence electrons. The van der Waals surface area contributed by atoms with Gasteiger partial charge in [0.15, 0.2) is 0 Å². The summed E-state index contributed by atoms with van der Waals surface area (Å²) in [5.74, 6) is 2.30. The first-order valence-electron chi connectivity index (χ1n) is 7.71. The number of thioether (sulfide) groups is 1. The third-order valence-corrected chi connectivity index (χ3v) is 5.26. The largest absolute Gasteiger partial charge is 0.309 e. The average Bonchev–Trinajstić information content (AvgIpc) is 3.18. The number of piperazine rings is 1. The van der Waals surface area contributed by atoms with Crippen LogP contribution in [0, 0.1) is 5.92 Å². The molecule has 1 N–H and O–H groups in total. The van der Waals surface area contributed by atoms with Crippen LogP contribution in [0.25, 0.3) is 0 Å². The standard InChI is InChI=1S/C15H30N2S/c1-15(14-7-8-14)13-17(11-9-16-15)10-5-3-4-6-12-18-2/h14,16H,3-13H2,1-2H3. The Morgan fingerprint density at radius 1 is 1.22 bits per heavy atom. The number of hydrogen-bond donors (Lipinski definition) is 1. The first-order chi connectivity index (χ1) is 8.74. The summed E-state index contributed by atoms with van der Waals surface area (Å²) in [5, 5.41) is 3.76. The van der Waals surface area contributed by atoms with Crippen LogP contribution in [0.1, 0.15) is 45.4 Å². The van der Waals surface area contributed by atoms with Crippen molar-refractivity contribution < 1.29 is 0 Å². The van der Waals surface area contributed by atoms with Crippen LogP contribution in [0.4, 0.5) is 0 Å². The van der Waals surface area contributed by atoms with Crippen molar-refractivity contribution >= 4 is 11.8 Å². The van der Waals surface area contributed by atoms with E-state index in [2.05, 4.69) is 23.4 Å². The molecule has 2 rings (SSSR count). The highest BCUT2D eigenvalue weighted by Crippen LogP contribution is 2.40. The van der Waals surface area contributed by atoms with Gasteiger partial charge in [-0.15, -0.1) is 0 Å². The van der Waals surface area contributed by atoms with Gasteiger partial charge in [-0.2, -0.15) is 11.8 Å². The highest BCUT2D eigenvalue weighted by atomic mass is 32.2. The van der Waals surface area contributed by atoms with Crippen molar-refractivity contribution in [1.29, 1.82) is 0 Å². The Hall–Kier alpha value is 0.270. The molecule has 2 aliphatic rings. The van der Waals surface area contributed by atoms with E-state index < -0.39 is 0 Å². The summed E-state index contributed by atoms with van der Waals surface area (Å²) in [7, 11) is 0. The second-order valence-electron chi connectivity index (χ2n) is 6.30. The Morgan fingerprint density at radius 3 is 2.72 bits per heavy atom. The van der Waals surface area contributed by atoms with Gasteiger partial charge < -0.3 is 10.2 Å². The van der Waals surface area contributed by atoms with Crippen molar-refractivity contribution in [1.82, 2.24) is 10.2 Å². The fourth-order valence-electron chi connectivity index (χ4n) is 3.22. The maximum absolute atomic E-state index is 3.76. The van der Waals surface area contributed by atoms with Crippen molar-refractivity contribution in [2.45, 2.75) is 51.0 Å². The summed E-state index contributed by atoms with van der Waals surface area (Å²) in [6, 6.07) is 0. The number of hydrogen-bond acceptors (Lipinski definition) is 3. The molecule has 2 nitrogen and oxygen atoms in total. The van der Waals surface area contributed by atoms with Gasteiger partial charge in [0.2, 0.25) is 0 Å². The van der Waals surface area contributed by atoms with Crippen LogP contribution in [0.5, 0.6) is 0 Å². The Balaban J connectivity index is 1.58. The molecule has 1 saturated carbocycles. The monoisotopic (exact) mass is 270 g/mol. The van der Waals surface area contributed by atoms with E-state index >= 15 is 0 Å². The van der Waals surface area contributed by atoms with Crippen LogP contribution >= 0.6 is 11.8 Å². The SMILES string of the molecule is CSCCCCCCN1CCNC(C)(C2CC2)C1. The minimum Gasteiger partial charge on any atom is -0.309 e. The molecule has 1 heterocycles. The second kappa shape index (κ2) is 7.16. The molecular weight excluding hydrogens is 240 g/mol. The lowest BCUT2D eigenvalue weighted by molar-refractivity contribution is 0.125. The van der Waals surface area contributed by atoms with Gasteiger partial charge in [-0.25, -0.2) is 0 Å². The van der Waals surface area contributed by atoms with Gasteiger partial charge in [0.25, 0.3) is 0 Å². The molecule has 0 aromatic carbocycles. The van der Waals surface area contributed by atoms with Crippen LogP contribution in [-0.2, 0) is 0 Å². The Bertz CT molecular complexity index is 243. The summed E-state index contributed by atoms with van der Waals surface area (Å²) in [6.45, 7) is 7.49. The van der Waals surface area contributed by atoms with Gasteiger partial charge in [-0.1, -0.05) is 12.8 Å². The molecule has 0 bridgehead atoms. The Labute approximate surface area is 117 Å². The molecular formula is C15H30N2S. The zero-order valence-electron chi connectivity index (χ0n) is 12.2. The Morgan fingerprint density at radius 2 is 2.00 bits per heavy atom. The van der Waals surface area contributed by atoms with Crippen LogP contribution < -0.4 is 5.32 Å². The van der Waals surface area contributed by atoms with Gasteiger partial charge in [0.05, 0.1) is 0 Å². The maximum atomic E-state index is 3.76. The smallest absolute Gasteiger partial charge is 0.0309 e. The molecule has 1 aliphatic carbocycles. The third-order valence-electron chi connectivity index (χ3n) is 4.56. The summed E-state index contributed by atoms with van der Waals surface area (Å²) < 4.78 is 0. The zero-order chi connectivity index (χ0) is 12.8. The van der Waals surface area contributed by atoms with E-state index in [-0.39, 0.29) is 0 Å². The quantitative estimate of drug-likeness (QED) is 0.683. The molecule has 0 amide bonds. The molecule has 0 spiro atoms. The zero-order valence-corrected chi connectivity index (χ0v) is 13.0. The molecule has 0 aromatic rings. The number of unbranched alkanes of at least 4 members (excludes halogenated alkanes) is 3. The summed E-state index contributed by atoms with van der Waals surface area (Å²) in [5.41, 5.74) is 0.428. The molecule has 1 aliphatic heterocycles. The highest BCUT2D eigenvalue weighted by molar-refractivity contribution is 7.98. The summed E-state index contributed by atoms with van der Waals surface area (Å²) >= 11 is 1.98. The van der Waals surface area contributed by atoms with Gasteiger partial charge in [0.1, 0.15) is 0 Å². The van der Waals surface area contributed by atoms with E-state index in [9.17, 15) is 0 Å². The highest BCUT2D eigenvalue weighted by Gasteiger charge is 2.43. The van der Waals surface area contributed by atoms with E-state index in [0.717, 1.165) is 5.92 Å². The van der Waals surface area contributed by atoms with Crippen LogP contribution in [0.15, 0.2) is 0 Å². The Kier molecular flexibility index (Phi) is 5.84. The minimum atomic E-state index is 0.428. The molecule has 0 aromatic heterocycles. The van der Waals surface area contributed by atoms with Crippen molar-refractivity contribution in [3.63, 3.8) is 0 Å². The lowest BCUT2D eigenvalue weighted by Crippen LogP contribution is -2.60. The van der Waals surface area contributed by atoms with Crippen LogP contribution in [0.3, 0.4) is 0 Å². The van der Waals surface area contributed by atoms with Gasteiger partial charge in [0, 0.05) is 25.2 Å². The average molecular weight is 270 g/mol. The lowest BCUT2D eigenvalue weighted by atomic mass is 9.93. The van der Waals surface area contributed by atoms with E-state index in [1.165, 1.54) is 70.5 Å². The molecule has 18 heavy (non-hydrogen) atoms. The van der Waals surface area contributed by atoms with Gasteiger partial charge in [-0.05, 0) is 57.1 Å². The summed E-state index contributed by atoms with van der Waals surface area (Å²) in [6.07, 6.45) is 10.8. The van der Waals surface area contributed by atoms with Crippen molar-refractivity contribution in [2.75, 3.05) is 38.2 Å². The van der Waals surface area contributed by atoms with Crippen molar-refractivity contribution in [2.24, 2.45) is 5.92 Å². The normalized spacial score (nSPS) is 29.7. The number of nitrogens with zero attached hydrogens (tertiary/aromatic N) is 1. The number of nitrogens with one attached hydrogen (secondary N) is 1. The lowest BCUT2D eigenvalue weighted by Gasteiger charge is -2.42. The van der Waals surface area contributed by atoms with E-state index in [4.69, 9.17) is 0 Å². The number of rotatable bonds is 8. The van der Waals surface area contributed by atoms with Gasteiger partial charge >= 0.3 is 0 Å². The fraction of sp³-hybridized carbons (Fsp3) is 1.00. The minimum absolute atomic E-state index is 0.428. The first-order valence-corrected chi connectivity index (χ1v) is 9.10. The first kappa shape index (κ1) is 14.7. The third kappa shape index (κ3) is 4.43. The second-order valence-corrected chi connectivity index (χ2v) is 7.29. The van der Waals surface area contributed by atoms with Crippen molar-refractivity contribution in [3.8, 4) is 0 Å². The molecule has 2 fully saturated rings. The van der Waals surface area contributed by atoms with Crippen molar-refractivity contribution in [3.05, 3.63) is 0 Å². The van der Waals surface area contributed by atoms with E-state index in [1.54, 1.807) is 0 Å². The van der Waals surface area contributed by atoms with Gasteiger partial charge in [-0.3, -0.25) is 0 Å². The van der Waals surface area contributed by atoms with E-state index in [0.29, 0.717) is 5.54 Å². The molecule has 1 unspecified atom stereocenters. The predicted octanol–water partition coefficient (Wildman–Crippen LogP) is 2.98. The molecule has 1 saturated heterocycles. The topological polar surface area (TPSA) is 15.3 Å². The van der Waals surface area contributed by atoms with Crippen LogP contribution in [0.2, 0.25) is 0 Å². The maximum Gasteiger partial charge on any atom is 0.0309 e.